The average molecular weight is 114 g/mol. The van der Waals surface area contributed by atoms with Gasteiger partial charge in [0, 0.05) is 19.3 Å². The molecule has 0 radical (unpaired) electrons. The van der Waals surface area contributed by atoms with E-state index in [-0.39, 0.29) is 0 Å². The molecule has 0 saturated carbocycles. The first-order valence-corrected chi connectivity index (χ1v) is 2.97. The molecule has 0 unspecified atom stereocenters. The lowest BCUT2D eigenvalue weighted by Crippen LogP contribution is -2.32. The number of hydrogen-bond acceptors (Lipinski definition) is 2. The van der Waals surface area contributed by atoms with Crippen molar-refractivity contribution in [3.05, 3.63) is 12.8 Å². The van der Waals surface area contributed by atoms with Gasteiger partial charge >= 0.3 is 0 Å². The molecule has 0 atom stereocenters. The van der Waals surface area contributed by atoms with Gasteiger partial charge in [-0.15, -0.1) is 0 Å². The van der Waals surface area contributed by atoms with E-state index >= 15 is 0 Å². The maximum Gasteiger partial charge on any atom is 0.0309 e. The van der Waals surface area contributed by atoms with Crippen LogP contribution in [0.4, 0.5) is 0 Å². The molecule has 0 aromatic heterocycles. The van der Waals surface area contributed by atoms with Crippen molar-refractivity contribution in [1.82, 2.24) is 10.4 Å². The summed E-state index contributed by atoms with van der Waals surface area (Å²) in [5.74, 6) is 0. The third-order valence-corrected chi connectivity index (χ3v) is 0.922. The molecule has 0 aliphatic heterocycles. The Balaban J connectivity index is 3.21. The molecular formula is C6H14N2. The molecule has 1 N–H and O–H groups in total. The van der Waals surface area contributed by atoms with E-state index < -0.39 is 0 Å². The van der Waals surface area contributed by atoms with Crippen LogP contribution in [0.15, 0.2) is 12.8 Å². The van der Waals surface area contributed by atoms with Gasteiger partial charge in [-0.3, -0.25) is 0 Å². The summed E-state index contributed by atoms with van der Waals surface area (Å²) in [6.07, 6.45) is 1.78. The van der Waals surface area contributed by atoms with E-state index in [1.807, 2.05) is 5.01 Å². The number of hydrogen-bond donors (Lipinski definition) is 1. The lowest BCUT2D eigenvalue weighted by Gasteiger charge is -2.16. The predicted octanol–water partition coefficient (Wildman–Crippen LogP) is 0.976. The third-order valence-electron chi connectivity index (χ3n) is 0.922. The maximum atomic E-state index is 3.61. The molecule has 0 aliphatic rings. The van der Waals surface area contributed by atoms with Crippen LogP contribution in [-0.4, -0.2) is 18.1 Å². The first-order chi connectivity index (χ1) is 3.85. The Kier molecular flexibility index (Phi) is 4.36. The minimum Gasteiger partial charge on any atom is -0.317 e. The highest BCUT2D eigenvalue weighted by molar-refractivity contribution is 4.63. The van der Waals surface area contributed by atoms with Crippen LogP contribution in [0, 0.1) is 0 Å². The Hall–Kier alpha value is -0.500. The summed E-state index contributed by atoms with van der Waals surface area (Å²) in [5, 5.41) is 1.94. The summed E-state index contributed by atoms with van der Waals surface area (Å²) in [6, 6.07) is 0. The molecule has 2 nitrogen and oxygen atoms in total. The maximum absolute atomic E-state index is 3.61. The fourth-order valence-corrected chi connectivity index (χ4v) is 0.509. The fraction of sp³-hybridized carbons (Fsp3) is 0.667. The van der Waals surface area contributed by atoms with Crippen molar-refractivity contribution >= 4 is 0 Å². The summed E-state index contributed by atoms with van der Waals surface area (Å²) in [5.41, 5.74) is 3.10. The van der Waals surface area contributed by atoms with Crippen LogP contribution >= 0.6 is 0 Å². The predicted molar refractivity (Wildman–Crippen MR) is 36.3 cm³/mol. The molecular weight excluding hydrogens is 100 g/mol. The number of rotatable bonds is 4. The second kappa shape index (κ2) is 4.65. The fourth-order valence-electron chi connectivity index (χ4n) is 0.509. The Morgan fingerprint density at radius 1 is 1.62 bits per heavy atom. The zero-order valence-corrected chi connectivity index (χ0v) is 5.65. The van der Waals surface area contributed by atoms with Crippen LogP contribution in [0.3, 0.4) is 0 Å². The normalized spacial score (nSPS) is 8.75. The summed E-state index contributed by atoms with van der Waals surface area (Å²) in [7, 11) is 0. The van der Waals surface area contributed by atoms with Gasteiger partial charge in [0.15, 0.2) is 0 Å². The molecule has 8 heavy (non-hydrogen) atoms. The van der Waals surface area contributed by atoms with E-state index in [0.29, 0.717) is 0 Å². The molecule has 0 fully saturated rings. The topological polar surface area (TPSA) is 15.3 Å². The lowest BCUT2D eigenvalue weighted by molar-refractivity contribution is 0.293. The second-order valence-corrected chi connectivity index (χ2v) is 1.48. The molecule has 0 heterocycles. The van der Waals surface area contributed by atoms with Crippen molar-refractivity contribution in [1.29, 1.82) is 0 Å². The van der Waals surface area contributed by atoms with Gasteiger partial charge in [0.1, 0.15) is 0 Å². The summed E-state index contributed by atoms with van der Waals surface area (Å²) >= 11 is 0. The van der Waals surface area contributed by atoms with Gasteiger partial charge in [0.2, 0.25) is 0 Å². The zero-order chi connectivity index (χ0) is 6.41. The van der Waals surface area contributed by atoms with Crippen LogP contribution in [0.25, 0.3) is 0 Å². The lowest BCUT2D eigenvalue weighted by atomic mass is 10.7. The summed E-state index contributed by atoms with van der Waals surface area (Å²) in [4.78, 5) is 0. The SMILES string of the molecule is C=CN(CC)NCC. The van der Waals surface area contributed by atoms with Crippen LogP contribution in [0.5, 0.6) is 0 Å². The second-order valence-electron chi connectivity index (χ2n) is 1.48. The molecule has 0 aliphatic carbocycles. The van der Waals surface area contributed by atoms with Crippen LogP contribution < -0.4 is 5.43 Å². The Morgan fingerprint density at radius 3 is 2.38 bits per heavy atom. The first kappa shape index (κ1) is 7.50. The molecule has 0 aromatic rings. The third kappa shape index (κ3) is 2.64. The molecule has 0 bridgehead atoms. The van der Waals surface area contributed by atoms with E-state index in [4.69, 9.17) is 0 Å². The molecule has 0 aromatic carbocycles. The van der Waals surface area contributed by atoms with E-state index in [1.54, 1.807) is 6.20 Å². The van der Waals surface area contributed by atoms with Gasteiger partial charge in [-0.1, -0.05) is 13.5 Å². The van der Waals surface area contributed by atoms with Crippen LogP contribution in [0.2, 0.25) is 0 Å². The van der Waals surface area contributed by atoms with Crippen molar-refractivity contribution in [3.8, 4) is 0 Å². The monoisotopic (exact) mass is 114 g/mol. The van der Waals surface area contributed by atoms with Crippen molar-refractivity contribution in [2.45, 2.75) is 13.8 Å². The summed E-state index contributed by atoms with van der Waals surface area (Å²) < 4.78 is 0. The van der Waals surface area contributed by atoms with E-state index in [0.717, 1.165) is 13.1 Å². The molecule has 0 saturated heterocycles. The van der Waals surface area contributed by atoms with Gasteiger partial charge in [-0.2, -0.15) is 0 Å². The Bertz CT molecular complexity index is 61.5. The van der Waals surface area contributed by atoms with Crippen LogP contribution in [-0.2, 0) is 0 Å². The van der Waals surface area contributed by atoms with Crippen molar-refractivity contribution < 1.29 is 0 Å². The standard InChI is InChI=1S/C6H14N2/c1-4-7-8(5-2)6-3/h5,7H,2,4,6H2,1,3H3. The number of nitrogens with zero attached hydrogens (tertiary/aromatic N) is 1. The van der Waals surface area contributed by atoms with Crippen molar-refractivity contribution in [3.63, 3.8) is 0 Å². The smallest absolute Gasteiger partial charge is 0.0309 e. The molecule has 0 spiro atoms. The summed E-state index contributed by atoms with van der Waals surface area (Å²) in [6.45, 7) is 9.68. The van der Waals surface area contributed by atoms with Crippen molar-refractivity contribution in [2.75, 3.05) is 13.1 Å². The molecule has 0 rings (SSSR count). The van der Waals surface area contributed by atoms with E-state index in [1.165, 1.54) is 0 Å². The van der Waals surface area contributed by atoms with Crippen LogP contribution in [0.1, 0.15) is 13.8 Å². The minimum atomic E-state index is 0.958. The van der Waals surface area contributed by atoms with Gasteiger partial charge < -0.3 is 5.01 Å². The largest absolute Gasteiger partial charge is 0.317 e. The van der Waals surface area contributed by atoms with E-state index in [9.17, 15) is 0 Å². The van der Waals surface area contributed by atoms with E-state index in [2.05, 4.69) is 25.9 Å². The molecule has 48 valence electrons. The highest BCUT2D eigenvalue weighted by atomic mass is 15.5. The van der Waals surface area contributed by atoms with Gasteiger partial charge in [-0.25, -0.2) is 5.43 Å². The zero-order valence-electron chi connectivity index (χ0n) is 5.65. The van der Waals surface area contributed by atoms with Gasteiger partial charge in [-0.05, 0) is 6.92 Å². The molecule has 2 heteroatoms. The van der Waals surface area contributed by atoms with Gasteiger partial charge in [0.05, 0.1) is 0 Å². The highest BCUT2D eigenvalue weighted by Crippen LogP contribution is 1.77. The van der Waals surface area contributed by atoms with Crippen molar-refractivity contribution in [2.24, 2.45) is 0 Å². The Morgan fingerprint density at radius 2 is 2.25 bits per heavy atom. The quantitative estimate of drug-likeness (QED) is 0.548. The first-order valence-electron chi connectivity index (χ1n) is 2.97. The number of hydrazine groups is 1. The Labute approximate surface area is 51.2 Å². The molecule has 0 amide bonds. The highest BCUT2D eigenvalue weighted by Gasteiger charge is 1.85. The minimum absolute atomic E-state index is 0.958. The van der Waals surface area contributed by atoms with Gasteiger partial charge in [0.25, 0.3) is 0 Å². The number of nitrogens with one attached hydrogen (secondary N) is 1. The average Bonchev–Trinajstić information content (AvgIpc) is 1.83.